The van der Waals surface area contributed by atoms with Gasteiger partial charge >= 0.3 is 0 Å². The van der Waals surface area contributed by atoms with Crippen molar-refractivity contribution in [2.24, 2.45) is 5.92 Å². The van der Waals surface area contributed by atoms with Crippen molar-refractivity contribution in [3.8, 4) is 0 Å². The average Bonchev–Trinajstić information content (AvgIpc) is 2.33. The molecule has 1 rings (SSSR count). The molecule has 0 atom stereocenters. The smallest absolute Gasteiger partial charge is 0.0368 e. The van der Waals surface area contributed by atoms with Crippen molar-refractivity contribution in [3.05, 3.63) is 29.8 Å². The summed E-state index contributed by atoms with van der Waals surface area (Å²) in [6, 6.07) is 8.77. The first kappa shape index (κ1) is 15.0. The quantitative estimate of drug-likeness (QED) is 0.709. The molecule has 1 N–H and O–H groups in total. The highest BCUT2D eigenvalue weighted by atomic mass is 15.1. The van der Waals surface area contributed by atoms with Gasteiger partial charge in [0.25, 0.3) is 0 Å². The topological polar surface area (TPSA) is 15.3 Å². The maximum Gasteiger partial charge on any atom is 0.0368 e. The lowest BCUT2D eigenvalue weighted by molar-refractivity contribution is 0.541. The highest BCUT2D eigenvalue weighted by Gasteiger charge is 2.03. The van der Waals surface area contributed by atoms with E-state index in [0.29, 0.717) is 0 Å². The maximum atomic E-state index is 3.50. The second-order valence-electron chi connectivity index (χ2n) is 5.37. The van der Waals surface area contributed by atoms with Gasteiger partial charge in [0.1, 0.15) is 0 Å². The van der Waals surface area contributed by atoms with Gasteiger partial charge in [-0.25, -0.2) is 0 Å². The molecule has 0 aromatic heterocycles. The van der Waals surface area contributed by atoms with E-state index in [1.165, 1.54) is 17.7 Å². The van der Waals surface area contributed by atoms with E-state index in [1.807, 2.05) is 0 Å². The van der Waals surface area contributed by atoms with E-state index in [4.69, 9.17) is 0 Å². The molecule has 102 valence electrons. The number of anilines is 1. The number of aryl methyl sites for hydroxylation is 1. The van der Waals surface area contributed by atoms with Gasteiger partial charge in [-0.3, -0.25) is 0 Å². The van der Waals surface area contributed by atoms with Gasteiger partial charge in [-0.15, -0.1) is 0 Å². The SMILES string of the molecule is CCN(CCCNCC(C)C)c1cccc(C)c1. The second kappa shape index (κ2) is 8.15. The van der Waals surface area contributed by atoms with Gasteiger partial charge in [0, 0.05) is 18.8 Å². The summed E-state index contributed by atoms with van der Waals surface area (Å²) in [6.07, 6.45) is 1.20. The van der Waals surface area contributed by atoms with Crippen molar-refractivity contribution in [1.82, 2.24) is 5.32 Å². The van der Waals surface area contributed by atoms with E-state index in [2.05, 4.69) is 62.2 Å². The molecular formula is C16H28N2. The zero-order valence-corrected chi connectivity index (χ0v) is 12.4. The van der Waals surface area contributed by atoms with Crippen molar-refractivity contribution in [2.45, 2.75) is 34.1 Å². The zero-order chi connectivity index (χ0) is 13.4. The van der Waals surface area contributed by atoms with Crippen LogP contribution >= 0.6 is 0 Å². The largest absolute Gasteiger partial charge is 0.372 e. The molecule has 0 spiro atoms. The third-order valence-electron chi connectivity index (χ3n) is 3.08. The molecule has 0 heterocycles. The van der Waals surface area contributed by atoms with Crippen LogP contribution in [-0.2, 0) is 0 Å². The number of rotatable bonds is 8. The Morgan fingerprint density at radius 2 is 2.06 bits per heavy atom. The number of nitrogens with zero attached hydrogens (tertiary/aromatic N) is 1. The normalized spacial score (nSPS) is 10.9. The van der Waals surface area contributed by atoms with Crippen molar-refractivity contribution in [2.75, 3.05) is 31.1 Å². The summed E-state index contributed by atoms with van der Waals surface area (Å²) in [5, 5.41) is 3.50. The van der Waals surface area contributed by atoms with Crippen LogP contribution in [0.3, 0.4) is 0 Å². The number of hydrogen-bond donors (Lipinski definition) is 1. The Labute approximate surface area is 112 Å². The minimum Gasteiger partial charge on any atom is -0.372 e. The van der Waals surface area contributed by atoms with Crippen LogP contribution < -0.4 is 10.2 Å². The van der Waals surface area contributed by atoms with E-state index in [1.54, 1.807) is 0 Å². The van der Waals surface area contributed by atoms with E-state index in [9.17, 15) is 0 Å². The van der Waals surface area contributed by atoms with Crippen molar-refractivity contribution < 1.29 is 0 Å². The molecule has 0 fully saturated rings. The Balaban J connectivity index is 2.34. The fourth-order valence-electron chi connectivity index (χ4n) is 2.08. The molecule has 0 bridgehead atoms. The molecule has 1 aromatic carbocycles. The zero-order valence-electron chi connectivity index (χ0n) is 12.4. The molecule has 0 radical (unpaired) electrons. The van der Waals surface area contributed by atoms with E-state index in [-0.39, 0.29) is 0 Å². The molecule has 2 heteroatoms. The van der Waals surface area contributed by atoms with Gasteiger partial charge in [0.05, 0.1) is 0 Å². The van der Waals surface area contributed by atoms with E-state index < -0.39 is 0 Å². The Bertz CT molecular complexity index is 334. The third kappa shape index (κ3) is 5.54. The summed E-state index contributed by atoms with van der Waals surface area (Å²) in [6.45, 7) is 13.3. The highest BCUT2D eigenvalue weighted by molar-refractivity contribution is 5.48. The molecule has 1 aromatic rings. The maximum absolute atomic E-state index is 3.50. The van der Waals surface area contributed by atoms with Crippen molar-refractivity contribution in [1.29, 1.82) is 0 Å². The van der Waals surface area contributed by atoms with Crippen LogP contribution in [0.5, 0.6) is 0 Å². The minimum absolute atomic E-state index is 0.740. The molecule has 2 nitrogen and oxygen atoms in total. The molecule has 0 aliphatic carbocycles. The van der Waals surface area contributed by atoms with Gasteiger partial charge < -0.3 is 10.2 Å². The Morgan fingerprint density at radius 3 is 2.67 bits per heavy atom. The van der Waals surface area contributed by atoms with Crippen LogP contribution in [0.25, 0.3) is 0 Å². The second-order valence-corrected chi connectivity index (χ2v) is 5.37. The van der Waals surface area contributed by atoms with Gasteiger partial charge in [-0.05, 0) is 57.0 Å². The summed E-state index contributed by atoms with van der Waals surface area (Å²) >= 11 is 0. The predicted octanol–water partition coefficient (Wildman–Crippen LogP) is 3.46. The number of nitrogens with one attached hydrogen (secondary N) is 1. The molecule has 0 aliphatic heterocycles. The third-order valence-corrected chi connectivity index (χ3v) is 3.08. The monoisotopic (exact) mass is 248 g/mol. The fraction of sp³-hybridized carbons (Fsp3) is 0.625. The standard InChI is InChI=1S/C16H28N2/c1-5-18(11-7-10-17-13-14(2)3)16-9-6-8-15(4)12-16/h6,8-9,12,14,17H,5,7,10-11,13H2,1-4H3. The van der Waals surface area contributed by atoms with E-state index in [0.717, 1.165) is 32.1 Å². The summed E-state index contributed by atoms with van der Waals surface area (Å²) in [7, 11) is 0. The minimum atomic E-state index is 0.740. The van der Waals surface area contributed by atoms with Gasteiger partial charge in [0.15, 0.2) is 0 Å². The van der Waals surface area contributed by atoms with Crippen LogP contribution in [0.2, 0.25) is 0 Å². The molecule has 0 unspecified atom stereocenters. The Hall–Kier alpha value is -1.02. The molecule has 0 saturated carbocycles. The highest BCUT2D eigenvalue weighted by Crippen LogP contribution is 2.15. The number of hydrogen-bond acceptors (Lipinski definition) is 2. The van der Waals surface area contributed by atoms with Crippen LogP contribution in [0.1, 0.15) is 32.8 Å². The van der Waals surface area contributed by atoms with Crippen LogP contribution in [0, 0.1) is 12.8 Å². The van der Waals surface area contributed by atoms with Crippen molar-refractivity contribution >= 4 is 5.69 Å². The molecule has 18 heavy (non-hydrogen) atoms. The van der Waals surface area contributed by atoms with Gasteiger partial charge in [-0.1, -0.05) is 26.0 Å². The van der Waals surface area contributed by atoms with Gasteiger partial charge in [0.2, 0.25) is 0 Å². The first-order chi connectivity index (χ1) is 8.63. The molecule has 0 aliphatic rings. The Kier molecular flexibility index (Phi) is 6.81. The molecule has 0 amide bonds. The summed E-state index contributed by atoms with van der Waals surface area (Å²) < 4.78 is 0. The first-order valence-corrected chi connectivity index (χ1v) is 7.15. The van der Waals surface area contributed by atoms with Gasteiger partial charge in [-0.2, -0.15) is 0 Å². The molecular weight excluding hydrogens is 220 g/mol. The summed E-state index contributed by atoms with van der Waals surface area (Å²) in [4.78, 5) is 2.45. The lowest BCUT2D eigenvalue weighted by Crippen LogP contribution is -2.28. The van der Waals surface area contributed by atoms with E-state index >= 15 is 0 Å². The lowest BCUT2D eigenvalue weighted by atomic mass is 10.2. The van der Waals surface area contributed by atoms with Crippen LogP contribution in [-0.4, -0.2) is 26.2 Å². The predicted molar refractivity (Wildman–Crippen MR) is 81.4 cm³/mol. The fourth-order valence-corrected chi connectivity index (χ4v) is 2.08. The van der Waals surface area contributed by atoms with Crippen molar-refractivity contribution in [3.63, 3.8) is 0 Å². The first-order valence-electron chi connectivity index (χ1n) is 7.15. The Morgan fingerprint density at radius 1 is 1.28 bits per heavy atom. The summed E-state index contributed by atoms with van der Waals surface area (Å²) in [5.41, 5.74) is 2.69. The number of benzene rings is 1. The lowest BCUT2D eigenvalue weighted by Gasteiger charge is -2.23. The summed E-state index contributed by atoms with van der Waals surface area (Å²) in [5.74, 6) is 0.740. The average molecular weight is 248 g/mol. The van der Waals surface area contributed by atoms with Crippen LogP contribution in [0.4, 0.5) is 5.69 Å². The van der Waals surface area contributed by atoms with Crippen LogP contribution in [0.15, 0.2) is 24.3 Å². The molecule has 0 saturated heterocycles.